The van der Waals surface area contributed by atoms with E-state index in [1.165, 1.54) is 25.7 Å². The molecule has 3 atom stereocenters. The first-order valence-corrected chi connectivity index (χ1v) is 7.16. The van der Waals surface area contributed by atoms with Crippen molar-refractivity contribution in [3.8, 4) is 0 Å². The molecular formula is C14H17Cl2N. The van der Waals surface area contributed by atoms with Crippen molar-refractivity contribution in [2.24, 2.45) is 11.8 Å². The van der Waals surface area contributed by atoms with Gasteiger partial charge in [0.2, 0.25) is 0 Å². The molecule has 3 heteroatoms. The molecule has 2 aliphatic rings. The lowest BCUT2D eigenvalue weighted by atomic mass is 9.95. The van der Waals surface area contributed by atoms with Gasteiger partial charge in [-0.2, -0.15) is 0 Å². The minimum absolute atomic E-state index is 0.652. The van der Waals surface area contributed by atoms with Crippen molar-refractivity contribution in [1.29, 1.82) is 0 Å². The normalized spacial score (nSPS) is 31.1. The fourth-order valence-corrected chi connectivity index (χ4v) is 3.81. The van der Waals surface area contributed by atoms with E-state index in [9.17, 15) is 0 Å². The second-order valence-electron chi connectivity index (χ2n) is 5.38. The summed E-state index contributed by atoms with van der Waals surface area (Å²) in [6.45, 7) is 0.841. The molecule has 92 valence electrons. The largest absolute Gasteiger partial charge is 0.310 e. The van der Waals surface area contributed by atoms with Gasteiger partial charge in [0.1, 0.15) is 0 Å². The van der Waals surface area contributed by atoms with Crippen LogP contribution in [0.2, 0.25) is 10.0 Å². The van der Waals surface area contributed by atoms with Crippen molar-refractivity contribution in [1.82, 2.24) is 5.32 Å². The van der Waals surface area contributed by atoms with E-state index in [2.05, 4.69) is 11.4 Å². The van der Waals surface area contributed by atoms with Crippen LogP contribution in [0.4, 0.5) is 0 Å². The maximum Gasteiger partial charge on any atom is 0.0637 e. The van der Waals surface area contributed by atoms with Crippen LogP contribution in [0, 0.1) is 11.8 Å². The van der Waals surface area contributed by atoms with E-state index in [0.717, 1.165) is 23.9 Å². The number of hydrogen-bond acceptors (Lipinski definition) is 1. The van der Waals surface area contributed by atoms with E-state index in [0.29, 0.717) is 16.1 Å². The van der Waals surface area contributed by atoms with Gasteiger partial charge >= 0.3 is 0 Å². The number of nitrogens with one attached hydrogen (secondary N) is 1. The quantitative estimate of drug-likeness (QED) is 0.864. The fraction of sp³-hybridized carbons (Fsp3) is 0.571. The lowest BCUT2D eigenvalue weighted by Crippen LogP contribution is -2.33. The van der Waals surface area contributed by atoms with E-state index in [-0.39, 0.29) is 0 Å². The highest BCUT2D eigenvalue weighted by atomic mass is 35.5. The third-order valence-electron chi connectivity index (χ3n) is 4.32. The number of benzene rings is 1. The lowest BCUT2D eigenvalue weighted by Gasteiger charge is -2.23. The second kappa shape index (κ2) is 4.79. The number of halogens is 2. The van der Waals surface area contributed by atoms with Gasteiger partial charge in [0.05, 0.1) is 10.0 Å². The van der Waals surface area contributed by atoms with Crippen LogP contribution in [-0.4, -0.2) is 6.04 Å². The lowest BCUT2D eigenvalue weighted by molar-refractivity contribution is 0.351. The first-order valence-electron chi connectivity index (χ1n) is 6.40. The van der Waals surface area contributed by atoms with Crippen LogP contribution in [0.5, 0.6) is 0 Å². The SMILES string of the molecule is Clc1cccc(CNC2CC3CCC2C3)c1Cl. The van der Waals surface area contributed by atoms with Crippen molar-refractivity contribution >= 4 is 23.2 Å². The maximum atomic E-state index is 6.19. The molecule has 17 heavy (non-hydrogen) atoms. The molecule has 0 aromatic heterocycles. The molecule has 0 saturated heterocycles. The molecule has 3 unspecified atom stereocenters. The van der Waals surface area contributed by atoms with Crippen LogP contribution in [0.15, 0.2) is 18.2 Å². The molecule has 1 aromatic carbocycles. The third kappa shape index (κ3) is 2.33. The Bertz CT molecular complexity index is 419. The van der Waals surface area contributed by atoms with Gasteiger partial charge in [0.25, 0.3) is 0 Å². The summed E-state index contributed by atoms with van der Waals surface area (Å²) >= 11 is 12.2. The highest BCUT2D eigenvalue weighted by molar-refractivity contribution is 6.42. The van der Waals surface area contributed by atoms with Crippen molar-refractivity contribution in [3.05, 3.63) is 33.8 Å². The van der Waals surface area contributed by atoms with Gasteiger partial charge in [-0.15, -0.1) is 0 Å². The Labute approximate surface area is 112 Å². The molecular weight excluding hydrogens is 253 g/mol. The number of fused-ring (bicyclic) bond motifs is 2. The van der Waals surface area contributed by atoms with Crippen molar-refractivity contribution in [2.75, 3.05) is 0 Å². The Balaban J connectivity index is 1.62. The van der Waals surface area contributed by atoms with Gasteiger partial charge in [-0.3, -0.25) is 0 Å². The van der Waals surface area contributed by atoms with E-state index < -0.39 is 0 Å². The number of hydrogen-bond donors (Lipinski definition) is 1. The predicted molar refractivity (Wildman–Crippen MR) is 72.5 cm³/mol. The van der Waals surface area contributed by atoms with Crippen molar-refractivity contribution < 1.29 is 0 Å². The van der Waals surface area contributed by atoms with E-state index in [1.54, 1.807) is 0 Å². The van der Waals surface area contributed by atoms with E-state index in [1.807, 2.05) is 12.1 Å². The van der Waals surface area contributed by atoms with Crippen LogP contribution in [-0.2, 0) is 6.54 Å². The van der Waals surface area contributed by atoms with Gasteiger partial charge in [-0.05, 0) is 42.7 Å². The van der Waals surface area contributed by atoms with Crippen molar-refractivity contribution in [3.63, 3.8) is 0 Å². The van der Waals surface area contributed by atoms with Crippen LogP contribution in [0.25, 0.3) is 0 Å². The zero-order valence-electron chi connectivity index (χ0n) is 9.76. The van der Waals surface area contributed by atoms with Crippen LogP contribution in [0.1, 0.15) is 31.2 Å². The maximum absolute atomic E-state index is 6.19. The molecule has 0 amide bonds. The summed E-state index contributed by atoms with van der Waals surface area (Å²) in [5, 5.41) is 5.00. The van der Waals surface area contributed by atoms with E-state index >= 15 is 0 Å². The third-order valence-corrected chi connectivity index (χ3v) is 5.18. The monoisotopic (exact) mass is 269 g/mol. The Morgan fingerprint density at radius 1 is 1.18 bits per heavy atom. The Hall–Kier alpha value is -0.240. The van der Waals surface area contributed by atoms with E-state index in [4.69, 9.17) is 23.2 Å². The molecule has 1 nitrogen and oxygen atoms in total. The summed E-state index contributed by atoms with van der Waals surface area (Å²) in [5.41, 5.74) is 1.11. The second-order valence-corrected chi connectivity index (χ2v) is 6.16. The van der Waals surface area contributed by atoms with Crippen molar-refractivity contribution in [2.45, 2.75) is 38.3 Å². The average Bonchev–Trinajstić information content (AvgIpc) is 2.93. The van der Waals surface area contributed by atoms with Gasteiger partial charge in [0.15, 0.2) is 0 Å². The highest BCUT2D eigenvalue weighted by Gasteiger charge is 2.38. The summed E-state index contributed by atoms with van der Waals surface area (Å²) < 4.78 is 0. The average molecular weight is 270 g/mol. The van der Waals surface area contributed by atoms with Crippen LogP contribution in [0.3, 0.4) is 0 Å². The Morgan fingerprint density at radius 2 is 2.06 bits per heavy atom. The summed E-state index contributed by atoms with van der Waals surface area (Å²) in [6.07, 6.45) is 5.64. The predicted octanol–water partition coefficient (Wildman–Crippen LogP) is 4.27. The van der Waals surface area contributed by atoms with Crippen LogP contribution >= 0.6 is 23.2 Å². The van der Waals surface area contributed by atoms with Gasteiger partial charge in [-0.1, -0.05) is 41.8 Å². The molecule has 2 fully saturated rings. The molecule has 1 N–H and O–H groups in total. The molecule has 0 aliphatic heterocycles. The number of rotatable bonds is 3. The van der Waals surface area contributed by atoms with Gasteiger partial charge in [-0.25, -0.2) is 0 Å². The molecule has 2 aliphatic carbocycles. The first kappa shape index (κ1) is 11.8. The topological polar surface area (TPSA) is 12.0 Å². The fourth-order valence-electron chi connectivity index (χ4n) is 3.42. The molecule has 1 aromatic rings. The Morgan fingerprint density at radius 3 is 2.76 bits per heavy atom. The molecule has 0 radical (unpaired) electrons. The van der Waals surface area contributed by atoms with Gasteiger partial charge < -0.3 is 5.32 Å². The molecule has 2 saturated carbocycles. The summed E-state index contributed by atoms with van der Waals surface area (Å²) in [5.74, 6) is 1.88. The standard InChI is InChI=1S/C14H17Cl2N/c15-12-3-1-2-11(14(12)16)8-17-13-7-9-4-5-10(13)6-9/h1-3,9-10,13,17H,4-8H2. The summed E-state index contributed by atoms with van der Waals surface area (Å²) in [4.78, 5) is 0. The highest BCUT2D eigenvalue weighted by Crippen LogP contribution is 2.44. The summed E-state index contributed by atoms with van der Waals surface area (Å²) in [7, 11) is 0. The zero-order valence-corrected chi connectivity index (χ0v) is 11.3. The Kier molecular flexibility index (Phi) is 3.34. The molecule has 2 bridgehead atoms. The molecule has 3 rings (SSSR count). The van der Waals surface area contributed by atoms with Crippen LogP contribution < -0.4 is 5.32 Å². The minimum Gasteiger partial charge on any atom is -0.310 e. The first-order chi connectivity index (χ1) is 8.24. The molecule has 0 spiro atoms. The smallest absolute Gasteiger partial charge is 0.0637 e. The zero-order chi connectivity index (χ0) is 11.8. The summed E-state index contributed by atoms with van der Waals surface area (Å²) in [6, 6.07) is 6.55. The minimum atomic E-state index is 0.652. The molecule has 0 heterocycles. The van der Waals surface area contributed by atoms with Gasteiger partial charge in [0, 0.05) is 12.6 Å².